The van der Waals surface area contributed by atoms with Gasteiger partial charge in [0.15, 0.2) is 17.7 Å². The van der Waals surface area contributed by atoms with Gasteiger partial charge in [-0.1, -0.05) is 31.7 Å². The molecule has 3 heterocycles. The minimum Gasteiger partial charge on any atom is -0.386 e. The Morgan fingerprint density at radius 1 is 1.09 bits per heavy atom. The van der Waals surface area contributed by atoms with E-state index in [2.05, 4.69) is 34.4 Å². The summed E-state index contributed by atoms with van der Waals surface area (Å²) in [6, 6.07) is 0. The molecule has 29 heteroatoms. The monoisotopic (exact) mass is 842 g/mol. The van der Waals surface area contributed by atoms with E-state index in [0.29, 0.717) is 5.75 Å². The third-order valence-corrected chi connectivity index (χ3v) is 11.0. The molecule has 2 aromatic rings. The molecular formula is C25H40LiN7O17P3S. The van der Waals surface area contributed by atoms with Crippen molar-refractivity contribution in [1.29, 1.82) is 0 Å². The van der Waals surface area contributed by atoms with Gasteiger partial charge in [-0.15, -0.1) is 0 Å². The van der Waals surface area contributed by atoms with E-state index in [1.165, 1.54) is 19.9 Å². The summed E-state index contributed by atoms with van der Waals surface area (Å²) in [6.07, 6.45) is -3.94. The minimum absolute atomic E-state index is 0. The van der Waals surface area contributed by atoms with E-state index >= 15 is 0 Å². The smallest absolute Gasteiger partial charge is 0.386 e. The van der Waals surface area contributed by atoms with Gasteiger partial charge in [0.1, 0.15) is 36.3 Å². The minimum atomic E-state index is -5.56. The number of aliphatic hydroxyl groups excluding tert-OH is 2. The number of rotatable bonds is 20. The van der Waals surface area contributed by atoms with Gasteiger partial charge in [0.05, 0.1) is 19.5 Å². The Kier molecular flexibility index (Phi) is 18.1. The Balaban J connectivity index is 0.0000101. The molecular weight excluding hydrogens is 802 g/mol. The number of nitrogens with one attached hydrogen (secondary N) is 2. The molecule has 0 spiro atoms. The van der Waals surface area contributed by atoms with E-state index in [9.17, 15) is 57.9 Å². The van der Waals surface area contributed by atoms with E-state index in [4.69, 9.17) is 19.5 Å². The maximum atomic E-state index is 12.6. The first-order chi connectivity index (χ1) is 24.6. The van der Waals surface area contributed by atoms with Gasteiger partial charge in [-0.2, -0.15) is 4.31 Å². The van der Waals surface area contributed by atoms with E-state index in [1.807, 2.05) is 0 Å². The molecule has 7 atom stereocenters. The summed E-state index contributed by atoms with van der Waals surface area (Å²) in [5.41, 5.74) is 4.26. The standard InChI is InChI=1S/C25H40N7O17P3S.Li/c1-4-5-16(34)53-9-8-27-15(33)6-7-28-23(37)20(36)25(2,3)11-46-52(43,44)49-51(41,42)45-10-14-19(48-50(38,39)40)18(35)24(47-14)32-13-31-17-21(26)29-12-30-22(17)32;/h4-5,12-14,18-20,24,35-36H,6-11H2,1-3H3,(H,27,33)(H,28,37)(H,41,42)(H,43,44)(H2,26,29,30)(H2,38,39,40);/b5-4+;. The molecule has 1 saturated heterocycles. The molecule has 1 aliphatic heterocycles. The van der Waals surface area contributed by atoms with Crippen LogP contribution in [0.4, 0.5) is 5.82 Å². The number of nitrogens with zero attached hydrogens (tertiary/aromatic N) is 4. The van der Waals surface area contributed by atoms with Crippen molar-refractivity contribution in [3.05, 3.63) is 24.8 Å². The van der Waals surface area contributed by atoms with Crippen LogP contribution in [0.3, 0.4) is 0 Å². The van der Waals surface area contributed by atoms with Crippen LogP contribution in [-0.2, 0) is 50.7 Å². The number of anilines is 1. The van der Waals surface area contributed by atoms with Crippen molar-refractivity contribution >= 4 is 88.0 Å². The van der Waals surface area contributed by atoms with Crippen LogP contribution < -0.4 is 16.4 Å². The summed E-state index contributed by atoms with van der Waals surface area (Å²) < 4.78 is 61.9. The second kappa shape index (κ2) is 20.4. The molecule has 1 fully saturated rings. The Morgan fingerprint density at radius 2 is 1.76 bits per heavy atom. The summed E-state index contributed by atoms with van der Waals surface area (Å²) in [7, 11) is -16.4. The molecule has 2 amide bonds. The summed E-state index contributed by atoms with van der Waals surface area (Å²) in [4.78, 5) is 86.7. The zero-order valence-electron chi connectivity index (χ0n) is 29.2. The van der Waals surface area contributed by atoms with Gasteiger partial charge in [-0.05, 0) is 13.0 Å². The SMILES string of the molecule is C/C=C/C(=O)SCCNC(=O)CCNC(=O)C(O)C(C)(C)COP(=O)(O)OP(=O)(O)OCC1OC(n2cnc3c(N)ncnc32)C(O)C1OP(=O)(O)O.[Li]. The van der Waals surface area contributed by atoms with E-state index in [1.54, 1.807) is 13.0 Å². The molecule has 0 aliphatic carbocycles. The number of carbonyl (C=O) groups is 3. The largest absolute Gasteiger partial charge is 0.481 e. The molecule has 7 unspecified atom stereocenters. The topological polar surface area (TPSA) is 364 Å². The van der Waals surface area contributed by atoms with E-state index < -0.39 is 84.6 Å². The number of ether oxygens (including phenoxy) is 1. The number of phosphoric ester groups is 3. The Hall–Kier alpha value is -2.10. The number of nitrogens with two attached hydrogens (primary N) is 1. The second-order valence-corrected chi connectivity index (χ2v) is 17.1. The van der Waals surface area contributed by atoms with Crippen molar-refractivity contribution in [2.75, 3.05) is 37.8 Å². The van der Waals surface area contributed by atoms with Crippen LogP contribution in [0.15, 0.2) is 24.8 Å². The predicted molar refractivity (Wildman–Crippen MR) is 188 cm³/mol. The number of aliphatic hydroxyl groups is 2. The first-order valence-corrected chi connectivity index (χ1v) is 20.7. The zero-order valence-corrected chi connectivity index (χ0v) is 32.7. The summed E-state index contributed by atoms with van der Waals surface area (Å²) >= 11 is 1.01. The number of carbonyl (C=O) groups excluding carboxylic acids is 3. The molecule has 0 aromatic carbocycles. The molecule has 10 N–H and O–H groups in total. The number of amides is 2. The fourth-order valence-electron chi connectivity index (χ4n) is 4.47. The number of fused-ring (bicyclic) bond motifs is 1. The number of thioether (sulfide) groups is 1. The van der Waals surface area contributed by atoms with Gasteiger partial charge in [0.25, 0.3) is 0 Å². The number of phosphoric acid groups is 3. The molecule has 0 bridgehead atoms. The van der Waals surface area contributed by atoms with Gasteiger partial charge in [-0.3, -0.25) is 32.5 Å². The van der Waals surface area contributed by atoms with Crippen LogP contribution in [0.1, 0.15) is 33.4 Å². The molecule has 299 valence electrons. The van der Waals surface area contributed by atoms with Gasteiger partial charge >= 0.3 is 23.5 Å². The third-order valence-electron chi connectivity index (χ3n) is 7.05. The molecule has 24 nitrogen and oxygen atoms in total. The fraction of sp³-hybridized carbons (Fsp3) is 0.600. The zero-order chi connectivity index (χ0) is 39.8. The van der Waals surface area contributed by atoms with Gasteiger partial charge in [0.2, 0.25) is 16.9 Å². The molecule has 54 heavy (non-hydrogen) atoms. The van der Waals surface area contributed by atoms with Crippen molar-refractivity contribution in [2.24, 2.45) is 5.41 Å². The molecule has 2 aromatic heterocycles. The van der Waals surface area contributed by atoms with Crippen molar-refractivity contribution in [2.45, 2.75) is 57.8 Å². The molecule has 1 aliphatic rings. The van der Waals surface area contributed by atoms with Crippen LogP contribution in [0.25, 0.3) is 11.2 Å². The number of aromatic nitrogens is 4. The molecule has 1 radical (unpaired) electrons. The fourth-order valence-corrected chi connectivity index (χ4v) is 7.93. The quantitative estimate of drug-likeness (QED) is 0.0329. The number of hydrogen-bond acceptors (Lipinski definition) is 18. The third kappa shape index (κ3) is 14.4. The average molecular weight is 843 g/mol. The van der Waals surface area contributed by atoms with Crippen LogP contribution >= 0.6 is 35.2 Å². The summed E-state index contributed by atoms with van der Waals surface area (Å²) in [6.45, 7) is 2.17. The molecule has 3 rings (SSSR count). The van der Waals surface area contributed by atoms with E-state index in [0.717, 1.165) is 29.0 Å². The maximum Gasteiger partial charge on any atom is 0.481 e. The number of nitrogen functional groups attached to an aromatic ring is 1. The van der Waals surface area contributed by atoms with Crippen molar-refractivity contribution < 1.29 is 80.5 Å². The summed E-state index contributed by atoms with van der Waals surface area (Å²) in [5.74, 6) is -1.13. The van der Waals surface area contributed by atoms with Crippen LogP contribution in [0, 0.1) is 5.41 Å². The maximum absolute atomic E-state index is 12.6. The average Bonchev–Trinajstić information content (AvgIpc) is 3.61. The normalized spacial score (nSPS) is 21.9. The number of hydrogen-bond donors (Lipinski definition) is 9. The number of allylic oxidation sites excluding steroid dienone is 1. The predicted octanol–water partition coefficient (Wildman–Crippen LogP) is -1.14. The van der Waals surface area contributed by atoms with E-state index in [-0.39, 0.29) is 60.5 Å². The van der Waals surface area contributed by atoms with Crippen LogP contribution in [-0.4, -0.2) is 142 Å². The second-order valence-electron chi connectivity index (χ2n) is 11.7. The number of imidazole rings is 1. The van der Waals surface area contributed by atoms with Crippen LogP contribution in [0.2, 0.25) is 0 Å². The van der Waals surface area contributed by atoms with Gasteiger partial charge in [-0.25, -0.2) is 28.6 Å². The van der Waals surface area contributed by atoms with Gasteiger partial charge < -0.3 is 50.9 Å². The van der Waals surface area contributed by atoms with Gasteiger partial charge in [0, 0.05) is 49.5 Å². The molecule has 0 saturated carbocycles. The van der Waals surface area contributed by atoms with Crippen LogP contribution in [0.5, 0.6) is 0 Å². The Bertz CT molecular complexity index is 1800. The van der Waals surface area contributed by atoms with Crippen molar-refractivity contribution in [3.8, 4) is 0 Å². The summed E-state index contributed by atoms with van der Waals surface area (Å²) in [5, 5.41) is 26.1. The Labute approximate surface area is 323 Å². The van der Waals surface area contributed by atoms with Crippen molar-refractivity contribution in [3.63, 3.8) is 0 Å². The first kappa shape index (κ1) is 48.0. The Morgan fingerprint density at radius 3 is 2.41 bits per heavy atom. The van der Waals surface area contributed by atoms with Crippen molar-refractivity contribution in [1.82, 2.24) is 30.2 Å². The first-order valence-electron chi connectivity index (χ1n) is 15.2.